The predicted octanol–water partition coefficient (Wildman–Crippen LogP) is 2.73. The number of carbonyl (C=O) groups is 1. The van der Waals surface area contributed by atoms with Gasteiger partial charge in [-0.25, -0.2) is 8.70 Å². The van der Waals surface area contributed by atoms with Gasteiger partial charge in [-0.15, -0.1) is 0 Å². The second-order valence-electron chi connectivity index (χ2n) is 5.33. The van der Waals surface area contributed by atoms with Crippen molar-refractivity contribution in [3.8, 4) is 0 Å². The van der Waals surface area contributed by atoms with E-state index >= 15 is 0 Å². The fraction of sp³-hybridized carbons (Fsp3) is 0.188. The SMILES string of the molecule is CN(C)S(=O)(=O)N(CC(=O)Nc1cccc(Cl)c1)c1ccc(F)cc1. The van der Waals surface area contributed by atoms with Gasteiger partial charge in [0.2, 0.25) is 5.91 Å². The molecular weight excluding hydrogens is 369 g/mol. The van der Waals surface area contributed by atoms with Gasteiger partial charge >= 0.3 is 10.2 Å². The zero-order valence-corrected chi connectivity index (χ0v) is 15.2. The third-order valence-corrected chi connectivity index (χ3v) is 5.31. The highest BCUT2D eigenvalue weighted by atomic mass is 35.5. The van der Waals surface area contributed by atoms with Gasteiger partial charge in [-0.05, 0) is 42.5 Å². The van der Waals surface area contributed by atoms with E-state index in [1.54, 1.807) is 24.3 Å². The first-order valence-corrected chi connectivity index (χ1v) is 8.99. The number of nitrogens with zero attached hydrogens (tertiary/aromatic N) is 2. The molecule has 0 saturated heterocycles. The molecule has 0 radical (unpaired) electrons. The summed E-state index contributed by atoms with van der Waals surface area (Å²) in [5, 5.41) is 3.02. The van der Waals surface area contributed by atoms with E-state index in [9.17, 15) is 17.6 Å². The summed E-state index contributed by atoms with van der Waals surface area (Å²) >= 11 is 5.86. The summed E-state index contributed by atoms with van der Waals surface area (Å²) in [6.45, 7) is -0.474. The van der Waals surface area contributed by atoms with Crippen molar-refractivity contribution in [2.45, 2.75) is 0 Å². The van der Waals surface area contributed by atoms with Gasteiger partial charge in [-0.1, -0.05) is 17.7 Å². The Balaban J connectivity index is 2.27. The molecule has 0 unspecified atom stereocenters. The smallest absolute Gasteiger partial charge is 0.304 e. The van der Waals surface area contributed by atoms with Crippen LogP contribution in [-0.2, 0) is 15.0 Å². The fourth-order valence-electron chi connectivity index (χ4n) is 2.01. The second kappa shape index (κ2) is 7.81. The second-order valence-corrected chi connectivity index (χ2v) is 7.83. The van der Waals surface area contributed by atoms with Crippen molar-refractivity contribution < 1.29 is 17.6 Å². The molecule has 0 aliphatic carbocycles. The minimum Gasteiger partial charge on any atom is -0.324 e. The largest absolute Gasteiger partial charge is 0.324 e. The lowest BCUT2D eigenvalue weighted by Crippen LogP contribution is -2.44. The Morgan fingerprint density at radius 1 is 1.16 bits per heavy atom. The Kier molecular flexibility index (Phi) is 5.99. The molecule has 1 N–H and O–H groups in total. The molecule has 0 atom stereocenters. The molecule has 0 aliphatic rings. The van der Waals surface area contributed by atoms with Gasteiger partial charge in [0.1, 0.15) is 12.4 Å². The van der Waals surface area contributed by atoms with Crippen molar-refractivity contribution in [1.29, 1.82) is 0 Å². The van der Waals surface area contributed by atoms with Crippen LogP contribution in [0.5, 0.6) is 0 Å². The number of carbonyl (C=O) groups excluding carboxylic acids is 1. The molecule has 0 aromatic heterocycles. The number of rotatable bonds is 6. The summed E-state index contributed by atoms with van der Waals surface area (Å²) in [5.41, 5.74) is 0.621. The average Bonchev–Trinajstić information content (AvgIpc) is 2.53. The standard InChI is InChI=1S/C16H17ClFN3O3S/c1-20(2)25(23,24)21(15-8-6-13(18)7-9-15)11-16(22)19-14-5-3-4-12(17)10-14/h3-10H,11H2,1-2H3,(H,19,22). The first-order valence-electron chi connectivity index (χ1n) is 7.21. The van der Waals surface area contributed by atoms with Crippen molar-refractivity contribution >= 4 is 39.1 Å². The number of halogens is 2. The van der Waals surface area contributed by atoms with Crippen molar-refractivity contribution in [3.05, 3.63) is 59.4 Å². The Morgan fingerprint density at radius 3 is 2.36 bits per heavy atom. The third kappa shape index (κ3) is 4.91. The predicted molar refractivity (Wildman–Crippen MR) is 96.4 cm³/mol. The first kappa shape index (κ1) is 19.2. The maximum absolute atomic E-state index is 13.1. The van der Waals surface area contributed by atoms with Gasteiger partial charge in [-0.2, -0.15) is 12.7 Å². The van der Waals surface area contributed by atoms with Crippen LogP contribution in [0.2, 0.25) is 5.02 Å². The average molecular weight is 386 g/mol. The Bertz CT molecular complexity index is 857. The Morgan fingerprint density at radius 2 is 1.80 bits per heavy atom. The quantitative estimate of drug-likeness (QED) is 0.831. The van der Waals surface area contributed by atoms with E-state index in [0.717, 1.165) is 20.7 Å². The highest BCUT2D eigenvalue weighted by molar-refractivity contribution is 7.90. The third-order valence-electron chi connectivity index (χ3n) is 3.25. The summed E-state index contributed by atoms with van der Waals surface area (Å²) in [7, 11) is -1.25. The van der Waals surface area contributed by atoms with Crippen LogP contribution in [-0.4, -0.2) is 39.3 Å². The van der Waals surface area contributed by atoms with Crippen LogP contribution < -0.4 is 9.62 Å². The molecule has 1 amide bonds. The van der Waals surface area contributed by atoms with Gasteiger partial charge in [0.15, 0.2) is 0 Å². The molecule has 25 heavy (non-hydrogen) atoms. The van der Waals surface area contributed by atoms with Crippen LogP contribution in [0.15, 0.2) is 48.5 Å². The fourth-order valence-corrected chi connectivity index (χ4v) is 3.26. The molecule has 2 rings (SSSR count). The number of amides is 1. The summed E-state index contributed by atoms with van der Waals surface area (Å²) in [6, 6.07) is 11.3. The summed E-state index contributed by atoms with van der Waals surface area (Å²) in [4.78, 5) is 12.3. The zero-order valence-electron chi connectivity index (χ0n) is 13.6. The highest BCUT2D eigenvalue weighted by Crippen LogP contribution is 2.20. The van der Waals surface area contributed by atoms with Crippen LogP contribution in [0, 0.1) is 5.82 Å². The number of hydrogen-bond acceptors (Lipinski definition) is 3. The molecule has 6 nitrogen and oxygen atoms in total. The maximum Gasteiger partial charge on any atom is 0.304 e. The topological polar surface area (TPSA) is 69.7 Å². The molecule has 0 spiro atoms. The van der Waals surface area contributed by atoms with E-state index in [4.69, 9.17) is 11.6 Å². The van der Waals surface area contributed by atoms with Gasteiger partial charge in [0.05, 0.1) is 5.69 Å². The van der Waals surface area contributed by atoms with E-state index in [0.29, 0.717) is 10.7 Å². The van der Waals surface area contributed by atoms with Crippen molar-refractivity contribution in [3.63, 3.8) is 0 Å². The number of hydrogen-bond donors (Lipinski definition) is 1. The number of benzene rings is 2. The van der Waals surface area contributed by atoms with E-state index in [-0.39, 0.29) is 5.69 Å². The van der Waals surface area contributed by atoms with E-state index < -0.39 is 28.5 Å². The molecule has 0 saturated carbocycles. The highest BCUT2D eigenvalue weighted by Gasteiger charge is 2.27. The molecule has 9 heteroatoms. The Hall–Kier alpha value is -2.16. The van der Waals surface area contributed by atoms with Gasteiger partial charge < -0.3 is 5.32 Å². The molecule has 2 aromatic carbocycles. The van der Waals surface area contributed by atoms with E-state index in [1.165, 1.54) is 26.2 Å². The van der Waals surface area contributed by atoms with Gasteiger partial charge in [0.25, 0.3) is 0 Å². The monoisotopic (exact) mass is 385 g/mol. The van der Waals surface area contributed by atoms with Crippen molar-refractivity contribution in [2.75, 3.05) is 30.3 Å². The summed E-state index contributed by atoms with van der Waals surface area (Å²) < 4.78 is 40.0. The number of anilines is 2. The van der Waals surface area contributed by atoms with Crippen molar-refractivity contribution in [1.82, 2.24) is 4.31 Å². The molecule has 134 valence electrons. The van der Waals surface area contributed by atoms with E-state index in [2.05, 4.69) is 5.32 Å². The molecule has 2 aromatic rings. The molecular formula is C16H17ClFN3O3S. The Labute approximate surface area is 151 Å². The molecule has 0 bridgehead atoms. The minimum absolute atomic E-state index is 0.177. The number of nitrogens with one attached hydrogen (secondary N) is 1. The first-order chi connectivity index (χ1) is 11.7. The normalized spacial score (nSPS) is 11.4. The van der Waals surface area contributed by atoms with Crippen molar-refractivity contribution in [2.24, 2.45) is 0 Å². The van der Waals surface area contributed by atoms with Crippen LogP contribution in [0.3, 0.4) is 0 Å². The van der Waals surface area contributed by atoms with Crippen LogP contribution >= 0.6 is 11.6 Å². The van der Waals surface area contributed by atoms with Crippen LogP contribution in [0.4, 0.5) is 15.8 Å². The lowest BCUT2D eigenvalue weighted by molar-refractivity contribution is -0.114. The maximum atomic E-state index is 13.1. The molecule has 0 fully saturated rings. The zero-order chi connectivity index (χ0) is 18.6. The minimum atomic E-state index is -3.94. The lowest BCUT2D eigenvalue weighted by atomic mass is 10.3. The van der Waals surface area contributed by atoms with Gasteiger partial charge in [0, 0.05) is 24.8 Å². The van der Waals surface area contributed by atoms with Gasteiger partial charge in [-0.3, -0.25) is 4.79 Å². The molecule has 0 aliphatic heterocycles. The van der Waals surface area contributed by atoms with Crippen LogP contribution in [0.25, 0.3) is 0 Å². The summed E-state index contributed by atoms with van der Waals surface area (Å²) in [5.74, 6) is -1.06. The summed E-state index contributed by atoms with van der Waals surface area (Å²) in [6.07, 6.45) is 0. The van der Waals surface area contributed by atoms with E-state index in [1.807, 2.05) is 0 Å². The lowest BCUT2D eigenvalue weighted by Gasteiger charge is -2.26. The van der Waals surface area contributed by atoms with Crippen LogP contribution in [0.1, 0.15) is 0 Å². The molecule has 0 heterocycles.